The Morgan fingerprint density at radius 1 is 0.739 bits per heavy atom. The summed E-state index contributed by atoms with van der Waals surface area (Å²) in [4.78, 5) is 0. The van der Waals surface area contributed by atoms with Crippen molar-refractivity contribution < 1.29 is 26.3 Å². The zero-order chi connectivity index (χ0) is 16.8. The van der Waals surface area contributed by atoms with E-state index >= 15 is 0 Å². The molecule has 1 heterocycles. The smallest absolute Gasteiger partial charge is 0.240 e. The van der Waals surface area contributed by atoms with E-state index in [-0.39, 0.29) is 5.39 Å². The Morgan fingerprint density at radius 3 is 1.87 bits per heavy atom. The van der Waals surface area contributed by atoms with Crippen LogP contribution >= 0.6 is 0 Å². The Morgan fingerprint density at radius 2 is 1.30 bits per heavy atom. The van der Waals surface area contributed by atoms with Crippen LogP contribution in [-0.4, -0.2) is 9.78 Å². The van der Waals surface area contributed by atoms with Gasteiger partial charge in [0.15, 0.2) is 0 Å². The fourth-order valence-electron chi connectivity index (χ4n) is 2.14. The van der Waals surface area contributed by atoms with Gasteiger partial charge in [-0.15, -0.1) is 0 Å². The summed E-state index contributed by atoms with van der Waals surface area (Å²) in [7, 11) is 0. The molecule has 0 fully saturated rings. The van der Waals surface area contributed by atoms with Gasteiger partial charge in [0.2, 0.25) is 0 Å². The first-order chi connectivity index (χ1) is 10.6. The molecule has 0 amide bonds. The molecule has 120 valence electrons. The molecular weight excluding hydrogens is 322 g/mol. The zero-order valence-electron chi connectivity index (χ0n) is 11.3. The van der Waals surface area contributed by atoms with Gasteiger partial charge in [-0.05, 0) is 42.5 Å². The standard InChI is InChI=1S/C15H8F6N2/c16-14(17,18)10-1-4-12(5-2-10)23-8-9-7-11(15(19,20)21)3-6-13(9)22-23/h1-8H. The molecule has 0 radical (unpaired) electrons. The fourth-order valence-corrected chi connectivity index (χ4v) is 2.14. The summed E-state index contributed by atoms with van der Waals surface area (Å²) in [5, 5.41) is 4.32. The first-order valence-corrected chi connectivity index (χ1v) is 6.39. The van der Waals surface area contributed by atoms with E-state index in [1.54, 1.807) is 0 Å². The SMILES string of the molecule is FC(F)(F)c1ccc(-n2cc3cc(C(F)(F)F)ccc3n2)cc1. The van der Waals surface area contributed by atoms with Crippen LogP contribution in [0, 0.1) is 0 Å². The third kappa shape index (κ3) is 3.01. The van der Waals surface area contributed by atoms with Gasteiger partial charge >= 0.3 is 12.4 Å². The van der Waals surface area contributed by atoms with Gasteiger partial charge in [-0.3, -0.25) is 0 Å². The van der Waals surface area contributed by atoms with E-state index in [2.05, 4.69) is 5.10 Å². The quantitative estimate of drug-likeness (QED) is 0.570. The van der Waals surface area contributed by atoms with Crippen molar-refractivity contribution in [2.75, 3.05) is 0 Å². The second-order valence-electron chi connectivity index (χ2n) is 4.89. The highest BCUT2D eigenvalue weighted by molar-refractivity contribution is 5.79. The van der Waals surface area contributed by atoms with Gasteiger partial charge in [-0.25, -0.2) is 4.68 Å². The Labute approximate surface area is 126 Å². The molecule has 0 unspecified atom stereocenters. The first kappa shape index (κ1) is 15.4. The third-order valence-corrected chi connectivity index (χ3v) is 3.29. The van der Waals surface area contributed by atoms with E-state index in [0.29, 0.717) is 11.2 Å². The molecular formula is C15H8F6N2. The van der Waals surface area contributed by atoms with E-state index in [1.165, 1.54) is 29.1 Å². The maximum Gasteiger partial charge on any atom is 0.416 e. The van der Waals surface area contributed by atoms with Crippen molar-refractivity contribution in [1.29, 1.82) is 0 Å². The van der Waals surface area contributed by atoms with Crippen LogP contribution in [-0.2, 0) is 12.4 Å². The molecule has 1 aromatic heterocycles. The molecule has 8 heteroatoms. The second kappa shape index (κ2) is 5.00. The van der Waals surface area contributed by atoms with Gasteiger partial charge in [-0.2, -0.15) is 31.4 Å². The minimum absolute atomic E-state index is 0.250. The van der Waals surface area contributed by atoms with Crippen LogP contribution in [0.15, 0.2) is 48.7 Å². The minimum Gasteiger partial charge on any atom is -0.240 e. The van der Waals surface area contributed by atoms with Crippen molar-refractivity contribution in [1.82, 2.24) is 9.78 Å². The summed E-state index contributed by atoms with van der Waals surface area (Å²) in [6, 6.07) is 7.28. The summed E-state index contributed by atoms with van der Waals surface area (Å²) in [6.07, 6.45) is -7.58. The average Bonchev–Trinajstić information content (AvgIpc) is 2.88. The maximum absolute atomic E-state index is 12.7. The molecule has 3 rings (SSSR count). The molecule has 2 aromatic carbocycles. The summed E-state index contributed by atoms with van der Waals surface area (Å²) >= 11 is 0. The molecule has 0 saturated carbocycles. The Balaban J connectivity index is 2.00. The lowest BCUT2D eigenvalue weighted by molar-refractivity contribution is -0.138. The van der Waals surface area contributed by atoms with Crippen LogP contribution < -0.4 is 0 Å². The molecule has 2 nitrogen and oxygen atoms in total. The zero-order valence-corrected chi connectivity index (χ0v) is 11.3. The van der Waals surface area contributed by atoms with Gasteiger partial charge in [0.05, 0.1) is 22.3 Å². The van der Waals surface area contributed by atoms with Crippen molar-refractivity contribution in [3.63, 3.8) is 0 Å². The normalized spacial score (nSPS) is 12.8. The third-order valence-electron chi connectivity index (χ3n) is 3.29. The predicted octanol–water partition coefficient (Wildman–Crippen LogP) is 5.06. The van der Waals surface area contributed by atoms with Crippen LogP contribution in [0.3, 0.4) is 0 Å². The van der Waals surface area contributed by atoms with E-state index in [0.717, 1.165) is 24.3 Å². The minimum atomic E-state index is -4.47. The molecule has 3 aromatic rings. The Bertz CT molecular complexity index is 843. The summed E-state index contributed by atoms with van der Waals surface area (Å²) < 4.78 is 76.8. The predicted molar refractivity (Wildman–Crippen MR) is 71.1 cm³/mol. The van der Waals surface area contributed by atoms with Crippen LogP contribution in [0.2, 0.25) is 0 Å². The monoisotopic (exact) mass is 330 g/mol. The molecule has 0 saturated heterocycles. The van der Waals surface area contributed by atoms with Gasteiger partial charge < -0.3 is 0 Å². The lowest BCUT2D eigenvalue weighted by atomic mass is 10.1. The Kier molecular flexibility index (Phi) is 3.35. The number of hydrogen-bond donors (Lipinski definition) is 0. The van der Waals surface area contributed by atoms with E-state index < -0.39 is 23.5 Å². The molecule has 0 aliphatic rings. The first-order valence-electron chi connectivity index (χ1n) is 6.39. The lowest BCUT2D eigenvalue weighted by Gasteiger charge is -2.07. The number of halogens is 6. The number of fused-ring (bicyclic) bond motifs is 1. The van der Waals surface area contributed by atoms with Gasteiger partial charge in [0, 0.05) is 11.6 Å². The van der Waals surface area contributed by atoms with E-state index in [4.69, 9.17) is 0 Å². The molecule has 0 bridgehead atoms. The maximum atomic E-state index is 12.7. The van der Waals surface area contributed by atoms with Crippen molar-refractivity contribution >= 4 is 10.9 Å². The number of hydrogen-bond acceptors (Lipinski definition) is 1. The fraction of sp³-hybridized carbons (Fsp3) is 0.133. The lowest BCUT2D eigenvalue weighted by Crippen LogP contribution is -2.05. The van der Waals surface area contributed by atoms with Crippen LogP contribution in [0.1, 0.15) is 11.1 Å². The number of alkyl halides is 6. The van der Waals surface area contributed by atoms with E-state index in [9.17, 15) is 26.3 Å². The highest BCUT2D eigenvalue weighted by Gasteiger charge is 2.31. The highest BCUT2D eigenvalue weighted by atomic mass is 19.4. The van der Waals surface area contributed by atoms with Crippen LogP contribution in [0.4, 0.5) is 26.3 Å². The molecule has 0 N–H and O–H groups in total. The number of benzene rings is 2. The van der Waals surface area contributed by atoms with Crippen LogP contribution in [0.25, 0.3) is 16.6 Å². The molecule has 0 spiro atoms. The molecule has 0 atom stereocenters. The van der Waals surface area contributed by atoms with Crippen molar-refractivity contribution in [3.05, 3.63) is 59.8 Å². The molecule has 0 aliphatic carbocycles. The van der Waals surface area contributed by atoms with E-state index in [1.807, 2.05) is 0 Å². The average molecular weight is 330 g/mol. The topological polar surface area (TPSA) is 17.8 Å². The summed E-state index contributed by atoms with van der Waals surface area (Å²) in [5.41, 5.74) is -0.977. The highest BCUT2D eigenvalue weighted by Crippen LogP contribution is 2.32. The molecule has 0 aliphatic heterocycles. The van der Waals surface area contributed by atoms with Gasteiger partial charge in [0.1, 0.15) is 0 Å². The Hall–Kier alpha value is -2.51. The van der Waals surface area contributed by atoms with Crippen molar-refractivity contribution in [3.8, 4) is 5.69 Å². The summed E-state index contributed by atoms with van der Waals surface area (Å²) in [5.74, 6) is 0. The second-order valence-corrected chi connectivity index (χ2v) is 4.89. The molecule has 23 heavy (non-hydrogen) atoms. The van der Waals surface area contributed by atoms with Crippen molar-refractivity contribution in [2.24, 2.45) is 0 Å². The van der Waals surface area contributed by atoms with Gasteiger partial charge in [-0.1, -0.05) is 0 Å². The number of rotatable bonds is 1. The van der Waals surface area contributed by atoms with Crippen LogP contribution in [0.5, 0.6) is 0 Å². The number of nitrogens with zero attached hydrogens (tertiary/aromatic N) is 2. The largest absolute Gasteiger partial charge is 0.416 e. The summed E-state index contributed by atoms with van der Waals surface area (Å²) in [6.45, 7) is 0. The number of aromatic nitrogens is 2. The van der Waals surface area contributed by atoms with Crippen molar-refractivity contribution in [2.45, 2.75) is 12.4 Å². The van der Waals surface area contributed by atoms with Gasteiger partial charge in [0.25, 0.3) is 0 Å².